The standard InChI is InChI=1S/C31H37N7O3S/c1-2-6-20-15-25(37-31-26(20)27(32)28(42-31)29(33)40)38-13-11-22(12-14-38)34-18-24(39)23-10-9-21(17-35-23)30(41)36-16-19-7-4-3-5-8-19/h3-5,7-10,15,17,22,24,34,39H,2,6,11-14,16,18,32H2,1H3,(H2,33,40)(H,36,41). The lowest BCUT2D eigenvalue weighted by Crippen LogP contribution is -2.44. The number of aliphatic hydroxyl groups excluding tert-OH is 1. The van der Waals surface area contributed by atoms with Gasteiger partial charge in [-0.1, -0.05) is 43.7 Å². The van der Waals surface area contributed by atoms with Crippen LogP contribution >= 0.6 is 11.3 Å². The van der Waals surface area contributed by atoms with E-state index in [0.29, 0.717) is 34.9 Å². The third kappa shape index (κ3) is 6.70. The van der Waals surface area contributed by atoms with E-state index < -0.39 is 12.0 Å². The summed E-state index contributed by atoms with van der Waals surface area (Å²) in [7, 11) is 0. The predicted octanol–water partition coefficient (Wildman–Crippen LogP) is 3.55. The molecule has 5 rings (SSSR count). The number of aryl methyl sites for hydroxylation is 1. The molecule has 3 aromatic heterocycles. The summed E-state index contributed by atoms with van der Waals surface area (Å²) in [6.07, 6.45) is 4.29. The van der Waals surface area contributed by atoms with Gasteiger partial charge < -0.3 is 32.1 Å². The van der Waals surface area contributed by atoms with Crippen LogP contribution in [0.2, 0.25) is 0 Å². The summed E-state index contributed by atoms with van der Waals surface area (Å²) in [6.45, 7) is 4.55. The summed E-state index contributed by atoms with van der Waals surface area (Å²) in [6, 6.07) is 15.4. The SMILES string of the molecule is CCCc1cc(N2CCC(NCC(O)c3ccc(C(=O)NCc4ccccc4)cn3)CC2)nc2sc(C(N)=O)c(N)c12. The third-order valence-electron chi connectivity index (χ3n) is 7.61. The molecule has 11 heteroatoms. The summed E-state index contributed by atoms with van der Waals surface area (Å²) in [5.74, 6) is 0.159. The quantitative estimate of drug-likeness (QED) is 0.178. The first-order valence-electron chi connectivity index (χ1n) is 14.3. The van der Waals surface area contributed by atoms with Crippen molar-refractivity contribution >= 4 is 44.9 Å². The maximum Gasteiger partial charge on any atom is 0.260 e. The molecule has 7 N–H and O–H groups in total. The predicted molar refractivity (Wildman–Crippen MR) is 167 cm³/mol. The minimum Gasteiger partial charge on any atom is -0.397 e. The molecule has 1 saturated heterocycles. The van der Waals surface area contributed by atoms with Crippen molar-refractivity contribution in [1.82, 2.24) is 20.6 Å². The topological polar surface area (TPSA) is 159 Å². The third-order valence-corrected chi connectivity index (χ3v) is 8.73. The molecule has 4 aromatic rings. The van der Waals surface area contributed by atoms with E-state index in [9.17, 15) is 14.7 Å². The summed E-state index contributed by atoms with van der Waals surface area (Å²) in [5.41, 5.74) is 15.3. The second-order valence-corrected chi connectivity index (χ2v) is 11.6. The van der Waals surface area contributed by atoms with Gasteiger partial charge in [-0.05, 0) is 48.6 Å². The van der Waals surface area contributed by atoms with Gasteiger partial charge in [0.15, 0.2) is 0 Å². The van der Waals surface area contributed by atoms with Gasteiger partial charge in [0.1, 0.15) is 21.6 Å². The van der Waals surface area contributed by atoms with Crippen molar-refractivity contribution in [3.63, 3.8) is 0 Å². The minimum absolute atomic E-state index is 0.205. The Balaban J connectivity index is 1.13. The molecule has 1 aromatic carbocycles. The first kappa shape index (κ1) is 29.4. The van der Waals surface area contributed by atoms with Crippen molar-refractivity contribution in [2.45, 2.75) is 51.3 Å². The lowest BCUT2D eigenvalue weighted by molar-refractivity contribution is 0.0949. The molecule has 4 heterocycles. The average Bonchev–Trinajstić information content (AvgIpc) is 3.36. The fourth-order valence-electron chi connectivity index (χ4n) is 5.31. The Morgan fingerprint density at radius 2 is 1.93 bits per heavy atom. The molecule has 0 radical (unpaired) electrons. The zero-order valence-electron chi connectivity index (χ0n) is 23.7. The van der Waals surface area contributed by atoms with Gasteiger partial charge in [0.2, 0.25) is 0 Å². The van der Waals surface area contributed by atoms with Crippen LogP contribution < -0.4 is 27.0 Å². The number of nitrogen functional groups attached to an aromatic ring is 1. The monoisotopic (exact) mass is 587 g/mol. The van der Waals surface area contributed by atoms with E-state index in [1.54, 1.807) is 12.1 Å². The van der Waals surface area contributed by atoms with Crippen LogP contribution in [0.25, 0.3) is 10.2 Å². The van der Waals surface area contributed by atoms with E-state index in [-0.39, 0.29) is 11.9 Å². The van der Waals surface area contributed by atoms with Gasteiger partial charge in [-0.15, -0.1) is 11.3 Å². The fourth-order valence-corrected chi connectivity index (χ4v) is 6.30. The molecule has 1 atom stereocenters. The number of nitrogens with one attached hydrogen (secondary N) is 2. The number of pyridine rings is 2. The molecule has 0 bridgehead atoms. The minimum atomic E-state index is -0.783. The number of nitrogens with two attached hydrogens (primary N) is 2. The number of amides is 2. The van der Waals surface area contributed by atoms with Crippen LogP contribution in [0.1, 0.15) is 69.1 Å². The van der Waals surface area contributed by atoms with E-state index in [4.69, 9.17) is 16.5 Å². The van der Waals surface area contributed by atoms with E-state index in [2.05, 4.69) is 33.5 Å². The summed E-state index contributed by atoms with van der Waals surface area (Å²) in [5, 5.41) is 17.9. The number of primary amides is 1. The molecule has 0 saturated carbocycles. The maximum atomic E-state index is 12.5. The number of hydrogen-bond acceptors (Lipinski definition) is 9. The van der Waals surface area contributed by atoms with Crippen molar-refractivity contribution < 1.29 is 14.7 Å². The largest absolute Gasteiger partial charge is 0.397 e. The van der Waals surface area contributed by atoms with Crippen molar-refractivity contribution in [1.29, 1.82) is 0 Å². The normalized spacial score (nSPS) is 14.7. The van der Waals surface area contributed by atoms with Crippen LogP contribution in [0.5, 0.6) is 0 Å². The average molecular weight is 588 g/mol. The highest BCUT2D eigenvalue weighted by molar-refractivity contribution is 7.21. The van der Waals surface area contributed by atoms with Gasteiger partial charge in [0.25, 0.3) is 11.8 Å². The fraction of sp³-hybridized carbons (Fsp3) is 0.355. The van der Waals surface area contributed by atoms with Gasteiger partial charge in [0, 0.05) is 43.8 Å². The van der Waals surface area contributed by atoms with Crippen molar-refractivity contribution in [2.75, 3.05) is 30.3 Å². The Morgan fingerprint density at radius 3 is 2.60 bits per heavy atom. The Hall–Kier alpha value is -4.06. The number of anilines is 2. The summed E-state index contributed by atoms with van der Waals surface area (Å²) < 4.78 is 0. The number of piperidine rings is 1. The second-order valence-electron chi connectivity index (χ2n) is 10.6. The lowest BCUT2D eigenvalue weighted by Gasteiger charge is -2.34. The molecule has 10 nitrogen and oxygen atoms in total. The van der Waals surface area contributed by atoms with Gasteiger partial charge in [-0.2, -0.15) is 0 Å². The zero-order valence-corrected chi connectivity index (χ0v) is 24.5. The Morgan fingerprint density at radius 1 is 1.17 bits per heavy atom. The Labute approximate surface area is 249 Å². The van der Waals surface area contributed by atoms with Crippen molar-refractivity contribution in [3.05, 3.63) is 82.0 Å². The molecule has 42 heavy (non-hydrogen) atoms. The van der Waals surface area contributed by atoms with Crippen LogP contribution in [0.4, 0.5) is 11.5 Å². The van der Waals surface area contributed by atoms with Gasteiger partial charge in [0.05, 0.1) is 16.9 Å². The van der Waals surface area contributed by atoms with Gasteiger partial charge >= 0.3 is 0 Å². The summed E-state index contributed by atoms with van der Waals surface area (Å²) >= 11 is 1.26. The molecule has 1 unspecified atom stereocenters. The molecule has 220 valence electrons. The van der Waals surface area contributed by atoms with Crippen molar-refractivity contribution in [3.8, 4) is 0 Å². The number of carbonyl (C=O) groups excluding carboxylic acids is 2. The van der Waals surface area contributed by atoms with Crippen molar-refractivity contribution in [2.24, 2.45) is 5.73 Å². The van der Waals surface area contributed by atoms with Gasteiger partial charge in [-0.25, -0.2) is 4.98 Å². The van der Waals surface area contributed by atoms with Crippen LogP contribution in [-0.2, 0) is 13.0 Å². The molecular formula is C31H37N7O3S. The lowest BCUT2D eigenvalue weighted by atomic mass is 10.0. The maximum absolute atomic E-state index is 12.5. The number of carbonyl (C=O) groups is 2. The Bertz CT molecular complexity index is 1530. The number of benzene rings is 1. The highest BCUT2D eigenvalue weighted by atomic mass is 32.1. The molecule has 0 spiro atoms. The van der Waals surface area contributed by atoms with E-state index in [0.717, 1.165) is 65.9 Å². The molecule has 1 aliphatic heterocycles. The number of thiophene rings is 1. The van der Waals surface area contributed by atoms with Gasteiger partial charge in [-0.3, -0.25) is 14.6 Å². The zero-order chi connectivity index (χ0) is 29.6. The number of hydrogen-bond donors (Lipinski definition) is 5. The van der Waals surface area contributed by atoms with Crippen LogP contribution in [0.15, 0.2) is 54.7 Å². The molecule has 2 amide bonds. The number of aromatic nitrogens is 2. The van der Waals surface area contributed by atoms with E-state index in [1.165, 1.54) is 17.5 Å². The first-order chi connectivity index (χ1) is 20.3. The number of rotatable bonds is 11. The summed E-state index contributed by atoms with van der Waals surface area (Å²) in [4.78, 5) is 36.9. The Kier molecular flexibility index (Phi) is 9.31. The van der Waals surface area contributed by atoms with E-state index >= 15 is 0 Å². The number of aliphatic hydroxyl groups is 1. The van der Waals surface area contributed by atoms with Crippen LogP contribution in [0, 0.1) is 0 Å². The first-order valence-corrected chi connectivity index (χ1v) is 15.1. The molecule has 1 fully saturated rings. The van der Waals surface area contributed by atoms with Crippen LogP contribution in [0.3, 0.4) is 0 Å². The highest BCUT2D eigenvalue weighted by Crippen LogP contribution is 2.37. The number of fused-ring (bicyclic) bond motifs is 1. The molecule has 1 aliphatic rings. The number of nitrogens with zero attached hydrogens (tertiary/aromatic N) is 3. The smallest absolute Gasteiger partial charge is 0.260 e. The second kappa shape index (κ2) is 13.3. The highest BCUT2D eigenvalue weighted by Gasteiger charge is 2.24. The van der Waals surface area contributed by atoms with E-state index in [1.807, 2.05) is 30.3 Å². The molecule has 0 aliphatic carbocycles. The van der Waals surface area contributed by atoms with Crippen LogP contribution in [-0.4, -0.2) is 52.6 Å². The molecular weight excluding hydrogens is 550 g/mol.